The first-order valence-electron chi connectivity index (χ1n) is 6.45. The first kappa shape index (κ1) is 13.8. The molecule has 1 aromatic carbocycles. The molecular formula is C14H18F2N2O. The number of nitrogens with one attached hydrogen (secondary N) is 1. The average Bonchev–Trinajstić information content (AvgIpc) is 2.32. The molecule has 0 aromatic heterocycles. The van der Waals surface area contributed by atoms with E-state index in [9.17, 15) is 13.6 Å². The Balaban J connectivity index is 2.14. The van der Waals surface area contributed by atoms with Gasteiger partial charge in [-0.3, -0.25) is 4.79 Å². The van der Waals surface area contributed by atoms with Crippen LogP contribution in [-0.4, -0.2) is 31.4 Å². The second-order valence-corrected chi connectivity index (χ2v) is 5.05. The SMILES string of the molecule is CNc1c(F)cc(C(=O)N(C)CC2CCC2)cc1F. The Morgan fingerprint density at radius 1 is 1.37 bits per heavy atom. The van der Waals surface area contributed by atoms with E-state index in [0.29, 0.717) is 12.5 Å². The molecule has 104 valence electrons. The van der Waals surface area contributed by atoms with E-state index in [0.717, 1.165) is 25.0 Å². The van der Waals surface area contributed by atoms with Crippen LogP contribution in [0.2, 0.25) is 0 Å². The molecule has 1 saturated carbocycles. The Hall–Kier alpha value is -1.65. The van der Waals surface area contributed by atoms with Crippen LogP contribution in [0, 0.1) is 17.6 Å². The van der Waals surface area contributed by atoms with E-state index in [-0.39, 0.29) is 17.2 Å². The van der Waals surface area contributed by atoms with E-state index in [4.69, 9.17) is 0 Å². The van der Waals surface area contributed by atoms with Crippen LogP contribution in [0.15, 0.2) is 12.1 Å². The van der Waals surface area contributed by atoms with Crippen molar-refractivity contribution in [3.8, 4) is 0 Å². The fraction of sp³-hybridized carbons (Fsp3) is 0.500. The Morgan fingerprint density at radius 3 is 2.37 bits per heavy atom. The number of amides is 1. The molecule has 5 heteroatoms. The molecule has 1 amide bonds. The Bertz CT molecular complexity index is 463. The van der Waals surface area contributed by atoms with Crippen molar-refractivity contribution in [2.75, 3.05) is 26.0 Å². The minimum absolute atomic E-state index is 0.0517. The van der Waals surface area contributed by atoms with Gasteiger partial charge in [0, 0.05) is 26.2 Å². The van der Waals surface area contributed by atoms with E-state index in [1.54, 1.807) is 7.05 Å². The number of halogens is 2. The smallest absolute Gasteiger partial charge is 0.253 e. The van der Waals surface area contributed by atoms with Gasteiger partial charge < -0.3 is 10.2 Å². The van der Waals surface area contributed by atoms with Gasteiger partial charge in [-0.25, -0.2) is 8.78 Å². The summed E-state index contributed by atoms with van der Waals surface area (Å²) in [6.07, 6.45) is 3.45. The lowest BCUT2D eigenvalue weighted by Gasteiger charge is -2.30. The van der Waals surface area contributed by atoms with Crippen molar-refractivity contribution in [2.45, 2.75) is 19.3 Å². The molecule has 19 heavy (non-hydrogen) atoms. The average molecular weight is 268 g/mol. The van der Waals surface area contributed by atoms with Crippen molar-refractivity contribution in [2.24, 2.45) is 5.92 Å². The standard InChI is InChI=1S/C14H18F2N2O/c1-17-13-11(15)6-10(7-12(13)16)14(19)18(2)8-9-4-3-5-9/h6-7,9,17H,3-5,8H2,1-2H3. The van der Waals surface area contributed by atoms with Gasteiger partial charge in [0.2, 0.25) is 0 Å². The van der Waals surface area contributed by atoms with Crippen LogP contribution in [-0.2, 0) is 0 Å². The van der Waals surface area contributed by atoms with Crippen LogP contribution in [0.3, 0.4) is 0 Å². The van der Waals surface area contributed by atoms with Crippen molar-refractivity contribution in [3.63, 3.8) is 0 Å². The van der Waals surface area contributed by atoms with Crippen LogP contribution >= 0.6 is 0 Å². The monoisotopic (exact) mass is 268 g/mol. The molecule has 0 saturated heterocycles. The van der Waals surface area contributed by atoms with E-state index >= 15 is 0 Å². The maximum atomic E-state index is 13.6. The number of carbonyl (C=O) groups excluding carboxylic acids is 1. The van der Waals surface area contributed by atoms with Gasteiger partial charge >= 0.3 is 0 Å². The molecule has 0 aliphatic heterocycles. The molecule has 0 heterocycles. The summed E-state index contributed by atoms with van der Waals surface area (Å²) in [6, 6.07) is 2.16. The summed E-state index contributed by atoms with van der Waals surface area (Å²) >= 11 is 0. The lowest BCUT2D eigenvalue weighted by Crippen LogP contribution is -2.34. The fourth-order valence-corrected chi connectivity index (χ4v) is 2.30. The maximum absolute atomic E-state index is 13.6. The Morgan fingerprint density at radius 2 is 1.95 bits per heavy atom. The highest BCUT2D eigenvalue weighted by Crippen LogP contribution is 2.27. The number of nitrogens with zero attached hydrogens (tertiary/aromatic N) is 1. The molecule has 1 aliphatic carbocycles. The molecule has 0 radical (unpaired) electrons. The molecule has 0 bridgehead atoms. The fourth-order valence-electron chi connectivity index (χ4n) is 2.30. The van der Waals surface area contributed by atoms with Gasteiger partial charge in [-0.05, 0) is 30.9 Å². The summed E-state index contributed by atoms with van der Waals surface area (Å²) in [6.45, 7) is 0.649. The summed E-state index contributed by atoms with van der Waals surface area (Å²) in [5, 5.41) is 2.43. The zero-order valence-corrected chi connectivity index (χ0v) is 11.2. The minimum atomic E-state index is -0.747. The summed E-state index contributed by atoms with van der Waals surface area (Å²) in [4.78, 5) is 13.6. The summed E-state index contributed by atoms with van der Waals surface area (Å²) in [7, 11) is 3.11. The van der Waals surface area contributed by atoms with Crippen molar-refractivity contribution in [1.82, 2.24) is 4.90 Å². The number of benzene rings is 1. The molecule has 1 aliphatic rings. The zero-order chi connectivity index (χ0) is 14.0. The number of hydrogen-bond acceptors (Lipinski definition) is 2. The topological polar surface area (TPSA) is 32.3 Å². The van der Waals surface area contributed by atoms with Crippen molar-refractivity contribution in [3.05, 3.63) is 29.3 Å². The maximum Gasteiger partial charge on any atom is 0.253 e. The third kappa shape index (κ3) is 2.85. The van der Waals surface area contributed by atoms with Crippen molar-refractivity contribution in [1.29, 1.82) is 0 Å². The molecule has 1 fully saturated rings. The molecule has 3 nitrogen and oxygen atoms in total. The number of rotatable bonds is 4. The second-order valence-electron chi connectivity index (χ2n) is 5.05. The van der Waals surface area contributed by atoms with Gasteiger partial charge in [-0.2, -0.15) is 0 Å². The van der Waals surface area contributed by atoms with E-state index in [1.165, 1.54) is 18.4 Å². The zero-order valence-electron chi connectivity index (χ0n) is 11.2. The number of anilines is 1. The molecule has 2 rings (SSSR count). The summed E-state index contributed by atoms with van der Waals surface area (Å²) in [5.74, 6) is -1.31. The highest BCUT2D eigenvalue weighted by molar-refractivity contribution is 5.94. The third-order valence-corrected chi connectivity index (χ3v) is 3.64. The summed E-state index contributed by atoms with van der Waals surface area (Å²) in [5.41, 5.74) is -0.158. The Kier molecular flexibility index (Phi) is 4.02. The number of hydrogen-bond donors (Lipinski definition) is 1. The molecule has 1 N–H and O–H groups in total. The van der Waals surface area contributed by atoms with Gasteiger partial charge in [-0.15, -0.1) is 0 Å². The minimum Gasteiger partial charge on any atom is -0.383 e. The Labute approximate surface area is 111 Å². The van der Waals surface area contributed by atoms with Gasteiger partial charge in [0.1, 0.15) is 17.3 Å². The summed E-state index contributed by atoms with van der Waals surface area (Å²) < 4.78 is 27.2. The van der Waals surface area contributed by atoms with Gasteiger partial charge in [-0.1, -0.05) is 6.42 Å². The molecule has 0 spiro atoms. The molecule has 0 unspecified atom stereocenters. The first-order chi connectivity index (χ1) is 9.02. The van der Waals surface area contributed by atoms with Gasteiger partial charge in [0.15, 0.2) is 0 Å². The van der Waals surface area contributed by atoms with Crippen LogP contribution < -0.4 is 5.32 Å². The number of carbonyl (C=O) groups is 1. The van der Waals surface area contributed by atoms with E-state index < -0.39 is 11.6 Å². The second kappa shape index (κ2) is 5.55. The van der Waals surface area contributed by atoms with Crippen LogP contribution in [0.25, 0.3) is 0 Å². The molecule has 0 atom stereocenters. The predicted octanol–water partition coefficient (Wildman–Crippen LogP) is 2.88. The van der Waals surface area contributed by atoms with Gasteiger partial charge in [0.05, 0.1) is 0 Å². The van der Waals surface area contributed by atoms with Crippen molar-refractivity contribution >= 4 is 11.6 Å². The van der Waals surface area contributed by atoms with E-state index in [2.05, 4.69) is 5.32 Å². The lowest BCUT2D eigenvalue weighted by molar-refractivity contribution is 0.0744. The van der Waals surface area contributed by atoms with Crippen molar-refractivity contribution < 1.29 is 13.6 Å². The van der Waals surface area contributed by atoms with E-state index in [1.807, 2.05) is 0 Å². The quantitative estimate of drug-likeness (QED) is 0.910. The van der Waals surface area contributed by atoms with Gasteiger partial charge in [0.25, 0.3) is 5.91 Å². The highest BCUT2D eigenvalue weighted by atomic mass is 19.1. The van der Waals surface area contributed by atoms with Crippen LogP contribution in [0.4, 0.5) is 14.5 Å². The normalized spacial score (nSPS) is 14.9. The highest BCUT2D eigenvalue weighted by Gasteiger charge is 2.23. The first-order valence-corrected chi connectivity index (χ1v) is 6.45. The largest absolute Gasteiger partial charge is 0.383 e. The molecule has 1 aromatic rings. The van der Waals surface area contributed by atoms with Crippen LogP contribution in [0.5, 0.6) is 0 Å². The van der Waals surface area contributed by atoms with Crippen LogP contribution in [0.1, 0.15) is 29.6 Å². The lowest BCUT2D eigenvalue weighted by atomic mass is 9.85. The predicted molar refractivity (Wildman–Crippen MR) is 70.2 cm³/mol. The third-order valence-electron chi connectivity index (χ3n) is 3.64. The molecular weight excluding hydrogens is 250 g/mol.